The van der Waals surface area contributed by atoms with Gasteiger partial charge in [-0.1, -0.05) is 78.9 Å². The molecule has 0 aliphatic heterocycles. The van der Waals surface area contributed by atoms with E-state index in [0.29, 0.717) is 0 Å². The smallest absolute Gasteiger partial charge is 0.138 e. The summed E-state index contributed by atoms with van der Waals surface area (Å²) < 4.78 is 2.37. The van der Waals surface area contributed by atoms with Crippen molar-refractivity contribution >= 4 is 71.4 Å². The van der Waals surface area contributed by atoms with Crippen LogP contribution < -0.4 is 4.90 Å². The Morgan fingerprint density at radius 2 is 1.17 bits per heavy atom. The van der Waals surface area contributed by atoms with Gasteiger partial charge in [0.05, 0.1) is 11.0 Å². The number of fused-ring (bicyclic) bond motifs is 4. The van der Waals surface area contributed by atoms with Gasteiger partial charge in [0.15, 0.2) is 0 Å². The lowest BCUT2D eigenvalue weighted by molar-refractivity contribution is 1.13. The normalized spacial score (nSPS) is 11.8. The van der Waals surface area contributed by atoms with Gasteiger partial charge in [0.25, 0.3) is 0 Å². The number of hydrogen-bond donors (Lipinski definition) is 0. The maximum absolute atomic E-state index is 4.64. The average Bonchev–Trinajstić information content (AvgIpc) is 3.49. The van der Waals surface area contributed by atoms with Crippen LogP contribution in [0.4, 0.5) is 17.3 Å². The van der Waals surface area contributed by atoms with Crippen molar-refractivity contribution in [1.82, 2.24) is 19.5 Å². The number of para-hydroxylation sites is 1. The maximum atomic E-state index is 4.64. The van der Waals surface area contributed by atoms with Crippen molar-refractivity contribution in [3.63, 3.8) is 0 Å². The Bertz CT molecular complexity index is 2720. The number of rotatable bonds is 5. The van der Waals surface area contributed by atoms with Gasteiger partial charge in [0.1, 0.15) is 11.6 Å². The molecule has 224 valence electrons. The summed E-state index contributed by atoms with van der Waals surface area (Å²) in [7, 11) is 0. The van der Waals surface area contributed by atoms with Crippen LogP contribution in [0.15, 0.2) is 164 Å². The Balaban J connectivity index is 1.17. The largest absolute Gasteiger partial charge is 0.309 e. The van der Waals surface area contributed by atoms with E-state index >= 15 is 0 Å². The molecule has 0 unspecified atom stereocenters. The van der Waals surface area contributed by atoms with Gasteiger partial charge in [-0.25, -0.2) is 9.97 Å². The Morgan fingerprint density at radius 1 is 0.479 bits per heavy atom. The van der Waals surface area contributed by atoms with Crippen LogP contribution in [0.1, 0.15) is 0 Å². The van der Waals surface area contributed by atoms with E-state index in [0.717, 1.165) is 39.5 Å². The first kappa shape index (κ1) is 26.6. The van der Waals surface area contributed by atoms with Crippen molar-refractivity contribution in [1.29, 1.82) is 0 Å². The number of hydrogen-bond acceptors (Lipinski definition) is 4. The fourth-order valence-corrected chi connectivity index (χ4v) is 7.48. The summed E-state index contributed by atoms with van der Waals surface area (Å²) >= 11 is 0. The zero-order valence-corrected chi connectivity index (χ0v) is 25.8. The van der Waals surface area contributed by atoms with E-state index in [-0.39, 0.29) is 0 Å². The van der Waals surface area contributed by atoms with Crippen molar-refractivity contribution in [3.05, 3.63) is 164 Å². The molecule has 4 heterocycles. The molecule has 5 heteroatoms. The summed E-state index contributed by atoms with van der Waals surface area (Å²) in [6.45, 7) is 0. The van der Waals surface area contributed by atoms with Crippen LogP contribution >= 0.6 is 0 Å². The third kappa shape index (κ3) is 3.94. The first-order chi connectivity index (χ1) is 23.8. The average molecular weight is 614 g/mol. The van der Waals surface area contributed by atoms with Gasteiger partial charge in [-0.15, -0.1) is 0 Å². The van der Waals surface area contributed by atoms with E-state index in [1.165, 1.54) is 48.8 Å². The lowest BCUT2D eigenvalue weighted by Gasteiger charge is -2.23. The van der Waals surface area contributed by atoms with E-state index in [2.05, 4.69) is 128 Å². The molecule has 0 aliphatic rings. The lowest BCUT2D eigenvalue weighted by Crippen LogP contribution is -2.12. The Hall–Kier alpha value is -6.59. The number of pyridine rings is 3. The fourth-order valence-electron chi connectivity index (χ4n) is 7.48. The monoisotopic (exact) mass is 613 g/mol. The second-order valence-corrected chi connectivity index (χ2v) is 12.1. The van der Waals surface area contributed by atoms with Crippen LogP contribution in [-0.4, -0.2) is 19.5 Å². The Kier molecular flexibility index (Phi) is 5.81. The predicted octanol–water partition coefficient (Wildman–Crippen LogP) is 11.0. The van der Waals surface area contributed by atoms with Gasteiger partial charge >= 0.3 is 0 Å². The molecule has 0 radical (unpaired) electrons. The van der Waals surface area contributed by atoms with E-state index in [1.54, 1.807) is 0 Å². The van der Waals surface area contributed by atoms with Gasteiger partial charge < -0.3 is 4.57 Å². The third-order valence-electron chi connectivity index (χ3n) is 9.52. The van der Waals surface area contributed by atoms with Crippen LogP contribution in [0.5, 0.6) is 0 Å². The summed E-state index contributed by atoms with van der Waals surface area (Å²) in [5.41, 5.74) is 6.86. The minimum absolute atomic E-state index is 0.821. The molecule has 0 amide bonds. The van der Waals surface area contributed by atoms with E-state index in [4.69, 9.17) is 0 Å². The Labute approximate surface area is 276 Å². The van der Waals surface area contributed by atoms with E-state index in [9.17, 15) is 0 Å². The van der Waals surface area contributed by atoms with Crippen LogP contribution in [-0.2, 0) is 0 Å². The molecule has 0 N–H and O–H groups in total. The van der Waals surface area contributed by atoms with Crippen molar-refractivity contribution in [2.24, 2.45) is 0 Å². The standard InChI is InChI=1S/C43H27N5/c1-2-8-31(9-3-1)47-37-22-25-44-27-36(37)43-35-21-15-29-14-19-33(34-20-16-30(26-38(43)47)42(35)41(29)34)28-12-17-32(18-13-28)48(39-10-4-6-23-45-39)40-11-5-7-24-46-40/h1-27H. The summed E-state index contributed by atoms with van der Waals surface area (Å²) in [4.78, 5) is 15.9. The van der Waals surface area contributed by atoms with Crippen LogP contribution in [0.2, 0.25) is 0 Å². The Morgan fingerprint density at radius 3 is 1.92 bits per heavy atom. The molecule has 6 aromatic carbocycles. The highest BCUT2D eigenvalue weighted by Crippen LogP contribution is 2.45. The summed E-state index contributed by atoms with van der Waals surface area (Å²) in [5.74, 6) is 1.64. The van der Waals surface area contributed by atoms with Gasteiger partial charge in [-0.2, -0.15) is 0 Å². The highest BCUT2D eigenvalue weighted by atomic mass is 15.2. The minimum atomic E-state index is 0.821. The molecule has 0 bridgehead atoms. The van der Waals surface area contributed by atoms with Crippen LogP contribution in [0.25, 0.3) is 70.9 Å². The molecule has 10 rings (SSSR count). The third-order valence-corrected chi connectivity index (χ3v) is 9.52. The number of aromatic nitrogens is 4. The van der Waals surface area contributed by atoms with E-state index in [1.807, 2.05) is 61.2 Å². The second-order valence-electron chi connectivity index (χ2n) is 12.1. The molecule has 0 saturated heterocycles. The number of nitrogens with zero attached hydrogens (tertiary/aromatic N) is 5. The highest BCUT2D eigenvalue weighted by molar-refractivity contribution is 6.34. The topological polar surface area (TPSA) is 46.8 Å². The summed E-state index contributed by atoms with van der Waals surface area (Å²) in [6.07, 6.45) is 7.53. The molecule has 4 aromatic heterocycles. The van der Waals surface area contributed by atoms with Crippen molar-refractivity contribution in [2.75, 3.05) is 4.90 Å². The second kappa shape index (κ2) is 10.5. The highest BCUT2D eigenvalue weighted by Gasteiger charge is 2.20. The first-order valence-electron chi connectivity index (χ1n) is 16.1. The quantitative estimate of drug-likeness (QED) is 0.181. The molecule has 48 heavy (non-hydrogen) atoms. The molecular weight excluding hydrogens is 587 g/mol. The van der Waals surface area contributed by atoms with Crippen molar-refractivity contribution in [2.45, 2.75) is 0 Å². The van der Waals surface area contributed by atoms with Crippen LogP contribution in [0, 0.1) is 0 Å². The molecule has 0 aliphatic carbocycles. The first-order valence-corrected chi connectivity index (χ1v) is 16.1. The zero-order chi connectivity index (χ0) is 31.6. The van der Waals surface area contributed by atoms with Crippen LogP contribution in [0.3, 0.4) is 0 Å². The van der Waals surface area contributed by atoms with Gasteiger partial charge in [-0.05, 0) is 104 Å². The van der Waals surface area contributed by atoms with E-state index < -0.39 is 0 Å². The van der Waals surface area contributed by atoms with Gasteiger partial charge in [-0.3, -0.25) is 9.88 Å². The molecule has 0 spiro atoms. The summed E-state index contributed by atoms with van der Waals surface area (Å²) in [6, 6.07) is 49.4. The molecular formula is C43H27N5. The maximum Gasteiger partial charge on any atom is 0.138 e. The fraction of sp³-hybridized carbons (Fsp3) is 0. The number of anilines is 3. The van der Waals surface area contributed by atoms with Gasteiger partial charge in [0, 0.05) is 46.9 Å². The molecule has 0 saturated carbocycles. The minimum Gasteiger partial charge on any atom is -0.309 e. The number of benzene rings is 6. The summed E-state index contributed by atoms with van der Waals surface area (Å²) in [5, 5.41) is 9.96. The molecule has 0 fully saturated rings. The SMILES string of the molecule is c1ccc(-n2c3ccncc3c3c4ccc5ccc(-c6ccc(N(c7ccccn7)c7ccccn7)cc6)c6ccc(cc32)c4c56)cc1. The molecule has 5 nitrogen and oxygen atoms in total. The molecule has 10 aromatic rings. The molecule has 0 atom stereocenters. The lowest BCUT2D eigenvalue weighted by atomic mass is 9.88. The van der Waals surface area contributed by atoms with Gasteiger partial charge in [0.2, 0.25) is 0 Å². The zero-order valence-electron chi connectivity index (χ0n) is 25.8. The predicted molar refractivity (Wildman–Crippen MR) is 198 cm³/mol. The van der Waals surface area contributed by atoms with Crippen molar-refractivity contribution in [3.8, 4) is 16.8 Å². The van der Waals surface area contributed by atoms with Crippen molar-refractivity contribution < 1.29 is 0 Å².